The van der Waals surface area contributed by atoms with E-state index in [1.807, 2.05) is 6.92 Å². The zero-order chi connectivity index (χ0) is 17.3. The lowest BCUT2D eigenvalue weighted by Crippen LogP contribution is -2.33. The first kappa shape index (κ1) is 17.1. The van der Waals surface area contributed by atoms with Gasteiger partial charge in [0, 0.05) is 37.6 Å². The van der Waals surface area contributed by atoms with Crippen LogP contribution in [-0.4, -0.2) is 45.2 Å². The molecule has 0 aromatic carbocycles. The maximum atomic E-state index is 11.5. The van der Waals surface area contributed by atoms with Crippen molar-refractivity contribution < 1.29 is 4.79 Å². The number of nitrogens with zero attached hydrogens (tertiary/aromatic N) is 5. The molecule has 1 aliphatic heterocycles. The summed E-state index contributed by atoms with van der Waals surface area (Å²) < 4.78 is 2.12. The minimum Gasteiger partial charge on any atom is -0.293 e. The van der Waals surface area contributed by atoms with Gasteiger partial charge in [0.05, 0.1) is 17.9 Å². The highest BCUT2D eigenvalue weighted by molar-refractivity contribution is 7.14. The fourth-order valence-corrected chi connectivity index (χ4v) is 4.06. The van der Waals surface area contributed by atoms with Crippen LogP contribution < -0.4 is 4.90 Å². The van der Waals surface area contributed by atoms with Crippen LogP contribution in [-0.2, 0) is 17.9 Å². The normalized spacial score (nSPS) is 18.2. The van der Waals surface area contributed by atoms with Crippen LogP contribution in [0.3, 0.4) is 0 Å². The van der Waals surface area contributed by atoms with Crippen molar-refractivity contribution in [3.05, 3.63) is 28.5 Å². The lowest BCUT2D eigenvalue weighted by Gasteiger charge is -2.24. The molecule has 130 valence electrons. The molecule has 0 spiro atoms. The summed E-state index contributed by atoms with van der Waals surface area (Å²) in [6.45, 7) is 8.59. The number of carbonyl (C=O) groups is 1. The van der Waals surface area contributed by atoms with Crippen LogP contribution in [0.5, 0.6) is 0 Å². The number of aryl methyl sites for hydroxylation is 2. The number of carbonyl (C=O) groups excluding carboxylic acids is 1. The molecule has 7 heteroatoms. The van der Waals surface area contributed by atoms with Crippen LogP contribution in [0.1, 0.15) is 36.8 Å². The Kier molecular flexibility index (Phi) is 5.01. The van der Waals surface area contributed by atoms with E-state index in [0.29, 0.717) is 6.04 Å². The standard InChI is InChI=1S/C17H25N5OS/c1-12-8-13(2)22(19-12)10-16-6-5-7-21(16)9-15-11-24-17(18-15)20(4)14(3)23/h8,11,16H,5-7,9-10H2,1-4H3/t16-/m1/s1. The number of thiazole rings is 1. The second-order valence-corrected chi connectivity index (χ2v) is 7.41. The van der Waals surface area contributed by atoms with E-state index in [1.54, 1.807) is 18.9 Å². The number of likely N-dealkylation sites (tertiary alicyclic amines) is 1. The van der Waals surface area contributed by atoms with Crippen LogP contribution in [0.2, 0.25) is 0 Å². The van der Waals surface area contributed by atoms with Gasteiger partial charge in [-0.25, -0.2) is 4.98 Å². The number of hydrogen-bond donors (Lipinski definition) is 0. The molecule has 1 fully saturated rings. The van der Waals surface area contributed by atoms with E-state index < -0.39 is 0 Å². The largest absolute Gasteiger partial charge is 0.293 e. The second-order valence-electron chi connectivity index (χ2n) is 6.58. The van der Waals surface area contributed by atoms with E-state index in [-0.39, 0.29) is 5.91 Å². The topological polar surface area (TPSA) is 54.3 Å². The molecule has 0 aliphatic carbocycles. The lowest BCUT2D eigenvalue weighted by molar-refractivity contribution is -0.116. The number of rotatable bonds is 5. The van der Waals surface area contributed by atoms with Crippen molar-refractivity contribution >= 4 is 22.4 Å². The Balaban J connectivity index is 1.66. The predicted octanol–water partition coefficient (Wildman–Crippen LogP) is 2.60. The van der Waals surface area contributed by atoms with Crippen molar-refractivity contribution in [2.24, 2.45) is 0 Å². The molecule has 0 unspecified atom stereocenters. The Morgan fingerprint density at radius 2 is 2.25 bits per heavy atom. The third kappa shape index (κ3) is 3.67. The summed E-state index contributed by atoms with van der Waals surface area (Å²) >= 11 is 1.53. The van der Waals surface area contributed by atoms with E-state index in [1.165, 1.54) is 29.9 Å². The molecule has 2 aromatic heterocycles. The van der Waals surface area contributed by atoms with Gasteiger partial charge >= 0.3 is 0 Å². The van der Waals surface area contributed by atoms with E-state index in [2.05, 4.69) is 38.0 Å². The van der Waals surface area contributed by atoms with Crippen molar-refractivity contribution in [1.82, 2.24) is 19.7 Å². The summed E-state index contributed by atoms with van der Waals surface area (Å²) in [7, 11) is 1.77. The smallest absolute Gasteiger partial charge is 0.225 e. The molecule has 3 heterocycles. The minimum atomic E-state index is 0.0134. The first-order chi connectivity index (χ1) is 11.4. The fraction of sp³-hybridized carbons (Fsp3) is 0.588. The lowest BCUT2D eigenvalue weighted by atomic mass is 10.2. The van der Waals surface area contributed by atoms with Gasteiger partial charge in [0.1, 0.15) is 0 Å². The van der Waals surface area contributed by atoms with Gasteiger partial charge in [-0.3, -0.25) is 19.3 Å². The molecule has 1 amide bonds. The van der Waals surface area contributed by atoms with Gasteiger partial charge in [0.15, 0.2) is 5.13 Å². The molecule has 0 saturated carbocycles. The summed E-state index contributed by atoms with van der Waals surface area (Å²) in [5.74, 6) is 0.0134. The van der Waals surface area contributed by atoms with Crippen LogP contribution in [0.15, 0.2) is 11.4 Å². The van der Waals surface area contributed by atoms with Gasteiger partial charge in [-0.15, -0.1) is 11.3 Å². The molecule has 24 heavy (non-hydrogen) atoms. The zero-order valence-electron chi connectivity index (χ0n) is 14.8. The Labute approximate surface area is 147 Å². The van der Waals surface area contributed by atoms with Crippen molar-refractivity contribution in [2.75, 3.05) is 18.5 Å². The zero-order valence-corrected chi connectivity index (χ0v) is 15.6. The van der Waals surface area contributed by atoms with Gasteiger partial charge in [0.2, 0.25) is 5.91 Å². The molecule has 1 saturated heterocycles. The van der Waals surface area contributed by atoms with Gasteiger partial charge in [0.25, 0.3) is 0 Å². The van der Waals surface area contributed by atoms with Crippen molar-refractivity contribution in [2.45, 2.75) is 52.7 Å². The molecule has 1 aliphatic rings. The van der Waals surface area contributed by atoms with Gasteiger partial charge in [-0.05, 0) is 39.3 Å². The highest BCUT2D eigenvalue weighted by Gasteiger charge is 2.26. The fourth-order valence-electron chi connectivity index (χ4n) is 3.24. The summed E-state index contributed by atoms with van der Waals surface area (Å²) in [5, 5.41) is 7.43. The predicted molar refractivity (Wildman–Crippen MR) is 96.3 cm³/mol. The third-order valence-electron chi connectivity index (χ3n) is 4.65. The van der Waals surface area contributed by atoms with Gasteiger partial charge in [-0.1, -0.05) is 0 Å². The Morgan fingerprint density at radius 3 is 2.92 bits per heavy atom. The van der Waals surface area contributed by atoms with Gasteiger partial charge < -0.3 is 0 Å². The van der Waals surface area contributed by atoms with Gasteiger partial charge in [-0.2, -0.15) is 5.10 Å². The van der Waals surface area contributed by atoms with E-state index in [4.69, 9.17) is 0 Å². The van der Waals surface area contributed by atoms with E-state index in [0.717, 1.165) is 36.2 Å². The summed E-state index contributed by atoms with van der Waals surface area (Å²) in [6, 6.07) is 2.63. The Hall–Kier alpha value is -1.73. The van der Waals surface area contributed by atoms with Crippen LogP contribution >= 0.6 is 11.3 Å². The quantitative estimate of drug-likeness (QED) is 0.834. The number of anilines is 1. The van der Waals surface area contributed by atoms with E-state index in [9.17, 15) is 4.79 Å². The molecule has 0 bridgehead atoms. The highest BCUT2D eigenvalue weighted by Crippen LogP contribution is 2.25. The minimum absolute atomic E-state index is 0.0134. The number of hydrogen-bond acceptors (Lipinski definition) is 5. The van der Waals surface area contributed by atoms with Crippen molar-refractivity contribution in [3.8, 4) is 0 Å². The molecule has 0 radical (unpaired) electrons. The van der Waals surface area contributed by atoms with E-state index >= 15 is 0 Å². The monoisotopic (exact) mass is 347 g/mol. The first-order valence-electron chi connectivity index (χ1n) is 8.38. The molecule has 1 atom stereocenters. The third-order valence-corrected chi connectivity index (χ3v) is 5.62. The first-order valence-corrected chi connectivity index (χ1v) is 9.26. The summed E-state index contributed by atoms with van der Waals surface area (Å²) in [6.07, 6.45) is 2.41. The highest BCUT2D eigenvalue weighted by atomic mass is 32.1. The molecule has 2 aromatic rings. The number of amides is 1. The van der Waals surface area contributed by atoms with Crippen LogP contribution in [0.4, 0.5) is 5.13 Å². The van der Waals surface area contributed by atoms with Crippen molar-refractivity contribution in [3.63, 3.8) is 0 Å². The Morgan fingerprint density at radius 1 is 1.46 bits per heavy atom. The molecular formula is C17H25N5OS. The maximum Gasteiger partial charge on any atom is 0.225 e. The summed E-state index contributed by atoms with van der Waals surface area (Å²) in [5.41, 5.74) is 3.34. The number of aromatic nitrogens is 3. The molecule has 0 N–H and O–H groups in total. The second kappa shape index (κ2) is 7.03. The average molecular weight is 347 g/mol. The Bertz CT molecular complexity index is 722. The van der Waals surface area contributed by atoms with Crippen molar-refractivity contribution in [1.29, 1.82) is 0 Å². The molecule has 6 nitrogen and oxygen atoms in total. The molecule has 3 rings (SSSR count). The molecular weight excluding hydrogens is 322 g/mol. The summed E-state index contributed by atoms with van der Waals surface area (Å²) in [4.78, 5) is 20.2. The SMILES string of the molecule is CC(=O)N(C)c1nc(CN2CCC[C@@H]2Cn2nc(C)cc2C)cs1. The average Bonchev–Trinajstić information content (AvgIpc) is 3.22. The maximum absolute atomic E-state index is 11.5. The van der Waals surface area contributed by atoms with Crippen LogP contribution in [0, 0.1) is 13.8 Å². The van der Waals surface area contributed by atoms with Crippen LogP contribution in [0.25, 0.3) is 0 Å².